The summed E-state index contributed by atoms with van der Waals surface area (Å²) in [4.78, 5) is 13.7. The summed E-state index contributed by atoms with van der Waals surface area (Å²) in [6.45, 7) is 9.60. The molecule has 1 N–H and O–H groups in total. The molecule has 16 heavy (non-hydrogen) atoms. The molecular formula is C12H22N2O2. The molecule has 2 fully saturated rings. The Bertz CT molecular complexity index is 273. The van der Waals surface area contributed by atoms with Gasteiger partial charge in [-0.15, -0.1) is 0 Å². The van der Waals surface area contributed by atoms with Crippen LogP contribution in [0.15, 0.2) is 0 Å². The summed E-state index contributed by atoms with van der Waals surface area (Å²) < 4.78 is 5.39. The monoisotopic (exact) mass is 226 g/mol. The zero-order valence-electron chi connectivity index (χ0n) is 10.5. The number of nitrogens with zero attached hydrogens (tertiary/aromatic N) is 1. The van der Waals surface area contributed by atoms with Crippen LogP contribution in [0.4, 0.5) is 4.79 Å². The van der Waals surface area contributed by atoms with E-state index in [2.05, 4.69) is 5.32 Å². The Labute approximate surface area is 97.3 Å². The fourth-order valence-corrected chi connectivity index (χ4v) is 2.53. The van der Waals surface area contributed by atoms with Crippen LogP contribution in [0.25, 0.3) is 0 Å². The quantitative estimate of drug-likeness (QED) is 0.680. The normalized spacial score (nSPS) is 30.1. The van der Waals surface area contributed by atoms with Gasteiger partial charge >= 0.3 is 6.09 Å². The number of hydrogen-bond donors (Lipinski definition) is 1. The predicted molar refractivity (Wildman–Crippen MR) is 62.3 cm³/mol. The molecule has 2 atom stereocenters. The van der Waals surface area contributed by atoms with Crippen LogP contribution in [-0.2, 0) is 4.74 Å². The number of piperidine rings is 1. The van der Waals surface area contributed by atoms with Gasteiger partial charge in [-0.3, -0.25) is 0 Å². The van der Waals surface area contributed by atoms with E-state index in [0.717, 1.165) is 38.5 Å². The van der Waals surface area contributed by atoms with Gasteiger partial charge in [0.05, 0.1) is 0 Å². The zero-order valence-corrected chi connectivity index (χ0v) is 10.5. The molecule has 2 rings (SSSR count). The summed E-state index contributed by atoms with van der Waals surface area (Å²) >= 11 is 0. The molecule has 0 radical (unpaired) electrons. The van der Waals surface area contributed by atoms with Crippen molar-refractivity contribution < 1.29 is 9.53 Å². The molecule has 0 aromatic heterocycles. The molecule has 0 aromatic rings. The van der Waals surface area contributed by atoms with Crippen LogP contribution in [0.3, 0.4) is 0 Å². The number of fused-ring (bicyclic) bond motifs is 1. The van der Waals surface area contributed by atoms with Gasteiger partial charge in [0, 0.05) is 13.1 Å². The third-order valence-corrected chi connectivity index (χ3v) is 3.36. The van der Waals surface area contributed by atoms with Crippen LogP contribution in [0, 0.1) is 11.8 Å². The lowest BCUT2D eigenvalue weighted by Crippen LogP contribution is -2.45. The van der Waals surface area contributed by atoms with E-state index in [9.17, 15) is 4.79 Å². The number of ether oxygens (including phenoxy) is 1. The first-order valence-corrected chi connectivity index (χ1v) is 6.14. The molecule has 2 aliphatic heterocycles. The fraction of sp³-hybridized carbons (Fsp3) is 0.917. The lowest BCUT2D eigenvalue weighted by atomic mass is 9.89. The van der Waals surface area contributed by atoms with Gasteiger partial charge in [-0.2, -0.15) is 0 Å². The minimum absolute atomic E-state index is 0.155. The minimum Gasteiger partial charge on any atom is -0.444 e. The highest BCUT2D eigenvalue weighted by molar-refractivity contribution is 5.68. The van der Waals surface area contributed by atoms with Gasteiger partial charge in [0.25, 0.3) is 0 Å². The average Bonchev–Trinajstić information content (AvgIpc) is 2.61. The Morgan fingerprint density at radius 2 is 2.00 bits per heavy atom. The minimum atomic E-state index is -0.387. The van der Waals surface area contributed by atoms with E-state index in [1.807, 2.05) is 25.7 Å². The lowest BCUT2D eigenvalue weighted by Gasteiger charge is -2.35. The van der Waals surface area contributed by atoms with Gasteiger partial charge < -0.3 is 15.0 Å². The van der Waals surface area contributed by atoms with Crippen LogP contribution >= 0.6 is 0 Å². The molecule has 0 unspecified atom stereocenters. The highest BCUT2D eigenvalue weighted by Crippen LogP contribution is 2.27. The third-order valence-electron chi connectivity index (χ3n) is 3.36. The number of carbonyl (C=O) groups excluding carboxylic acids is 1. The first kappa shape index (κ1) is 11.7. The summed E-state index contributed by atoms with van der Waals surface area (Å²) in [7, 11) is 0. The molecule has 92 valence electrons. The van der Waals surface area contributed by atoms with E-state index >= 15 is 0 Å². The zero-order chi connectivity index (χ0) is 11.8. The van der Waals surface area contributed by atoms with Gasteiger partial charge in [0.2, 0.25) is 0 Å². The topological polar surface area (TPSA) is 41.6 Å². The van der Waals surface area contributed by atoms with Crippen LogP contribution in [0.1, 0.15) is 27.2 Å². The Hall–Kier alpha value is -0.770. The largest absolute Gasteiger partial charge is 0.444 e. The molecule has 1 amide bonds. The molecule has 0 aromatic carbocycles. The van der Waals surface area contributed by atoms with Crippen LogP contribution in [-0.4, -0.2) is 42.8 Å². The maximum absolute atomic E-state index is 11.9. The van der Waals surface area contributed by atoms with Crippen molar-refractivity contribution >= 4 is 6.09 Å². The highest BCUT2D eigenvalue weighted by atomic mass is 16.6. The Kier molecular flexibility index (Phi) is 3.10. The third kappa shape index (κ3) is 2.67. The van der Waals surface area contributed by atoms with Gasteiger partial charge in [-0.05, 0) is 52.1 Å². The van der Waals surface area contributed by atoms with Crippen molar-refractivity contribution in [3.63, 3.8) is 0 Å². The molecule has 2 saturated heterocycles. The maximum atomic E-state index is 11.9. The number of likely N-dealkylation sites (tertiary alicyclic amines) is 1. The molecule has 0 bridgehead atoms. The molecule has 4 heteroatoms. The molecule has 0 saturated carbocycles. The van der Waals surface area contributed by atoms with Crippen molar-refractivity contribution in [2.24, 2.45) is 11.8 Å². The molecule has 0 spiro atoms. The number of amides is 1. The van der Waals surface area contributed by atoms with Crippen molar-refractivity contribution in [3.05, 3.63) is 0 Å². The molecule has 4 nitrogen and oxygen atoms in total. The van der Waals surface area contributed by atoms with Crippen LogP contribution in [0.2, 0.25) is 0 Å². The fourth-order valence-electron chi connectivity index (χ4n) is 2.53. The van der Waals surface area contributed by atoms with E-state index in [1.165, 1.54) is 0 Å². The molecule has 2 heterocycles. The van der Waals surface area contributed by atoms with Gasteiger partial charge in [-0.1, -0.05) is 0 Å². The van der Waals surface area contributed by atoms with Crippen LogP contribution < -0.4 is 5.32 Å². The SMILES string of the molecule is CC(C)(C)OC(=O)N1CC[C@@H]2CNC[C@@H]2C1. The maximum Gasteiger partial charge on any atom is 0.410 e. The van der Waals surface area contributed by atoms with Crippen LogP contribution in [0.5, 0.6) is 0 Å². The van der Waals surface area contributed by atoms with Gasteiger partial charge in [0.15, 0.2) is 0 Å². The predicted octanol–water partition coefficient (Wildman–Crippen LogP) is 1.46. The number of nitrogens with one attached hydrogen (secondary N) is 1. The van der Waals surface area contributed by atoms with Crippen molar-refractivity contribution in [1.29, 1.82) is 0 Å². The Morgan fingerprint density at radius 1 is 1.31 bits per heavy atom. The van der Waals surface area contributed by atoms with E-state index < -0.39 is 0 Å². The summed E-state index contributed by atoms with van der Waals surface area (Å²) in [5, 5.41) is 3.39. The van der Waals surface area contributed by atoms with E-state index in [-0.39, 0.29) is 11.7 Å². The van der Waals surface area contributed by atoms with Crippen molar-refractivity contribution in [3.8, 4) is 0 Å². The standard InChI is InChI=1S/C12H22N2O2/c1-12(2,3)16-11(15)14-5-4-9-6-13-7-10(9)8-14/h9-10,13H,4-8H2,1-3H3/t9-,10-/m1/s1. The van der Waals surface area contributed by atoms with Crippen molar-refractivity contribution in [2.75, 3.05) is 26.2 Å². The number of hydrogen-bond acceptors (Lipinski definition) is 3. The number of carbonyl (C=O) groups is 1. The second-order valence-corrected chi connectivity index (χ2v) is 5.89. The molecule has 0 aliphatic carbocycles. The van der Waals surface area contributed by atoms with Crippen molar-refractivity contribution in [1.82, 2.24) is 10.2 Å². The van der Waals surface area contributed by atoms with Gasteiger partial charge in [0.1, 0.15) is 5.60 Å². The van der Waals surface area contributed by atoms with Gasteiger partial charge in [-0.25, -0.2) is 4.79 Å². The lowest BCUT2D eigenvalue weighted by molar-refractivity contribution is 0.0140. The summed E-state index contributed by atoms with van der Waals surface area (Å²) in [5.41, 5.74) is -0.387. The first-order valence-electron chi connectivity index (χ1n) is 6.14. The second kappa shape index (κ2) is 4.24. The van der Waals surface area contributed by atoms with Crippen molar-refractivity contribution in [2.45, 2.75) is 32.8 Å². The second-order valence-electron chi connectivity index (χ2n) is 5.89. The van der Waals surface area contributed by atoms with E-state index in [4.69, 9.17) is 4.74 Å². The summed E-state index contributed by atoms with van der Waals surface area (Å²) in [6, 6.07) is 0. The summed E-state index contributed by atoms with van der Waals surface area (Å²) in [6.07, 6.45) is 0.953. The van der Waals surface area contributed by atoms with E-state index in [0.29, 0.717) is 5.92 Å². The average molecular weight is 226 g/mol. The summed E-state index contributed by atoms with van der Waals surface area (Å²) in [5.74, 6) is 1.39. The Morgan fingerprint density at radius 3 is 2.69 bits per heavy atom. The molecular weight excluding hydrogens is 204 g/mol. The highest BCUT2D eigenvalue weighted by Gasteiger charge is 2.35. The Balaban J connectivity index is 1.89. The first-order chi connectivity index (χ1) is 7.46. The van der Waals surface area contributed by atoms with E-state index in [1.54, 1.807) is 0 Å². The number of rotatable bonds is 0. The molecule has 2 aliphatic rings. The smallest absolute Gasteiger partial charge is 0.410 e.